The number of aryl methyl sites for hydroxylation is 1. The highest BCUT2D eigenvalue weighted by Crippen LogP contribution is 2.36. The van der Waals surface area contributed by atoms with Crippen molar-refractivity contribution >= 4 is 27.3 Å². The van der Waals surface area contributed by atoms with Crippen LogP contribution in [0.15, 0.2) is 39.5 Å². The van der Waals surface area contributed by atoms with Crippen molar-refractivity contribution in [2.45, 2.75) is 32.1 Å². The summed E-state index contributed by atoms with van der Waals surface area (Å²) in [6, 6.07) is 8.09. The van der Waals surface area contributed by atoms with Crippen molar-refractivity contribution in [1.29, 1.82) is 0 Å². The minimum Gasteiger partial charge on any atom is -0.427 e. The molecule has 1 aliphatic rings. The number of carbonyl (C=O) groups excluding carboxylic acids is 1. The largest absolute Gasteiger partial charge is 0.427 e. The molecule has 0 saturated heterocycles. The highest BCUT2D eigenvalue weighted by molar-refractivity contribution is 7.92. The Morgan fingerprint density at radius 2 is 1.85 bits per heavy atom. The lowest BCUT2D eigenvalue weighted by molar-refractivity contribution is 0.102. The minimum atomic E-state index is -3.51. The molecule has 26 heavy (non-hydrogen) atoms. The van der Waals surface area contributed by atoms with Crippen LogP contribution in [-0.2, 0) is 10.0 Å². The molecule has 0 unspecified atom stereocenters. The monoisotopic (exact) mass is 376 g/mol. The van der Waals surface area contributed by atoms with Crippen molar-refractivity contribution in [3.8, 4) is 0 Å². The Morgan fingerprint density at radius 1 is 1.19 bits per heavy atom. The summed E-state index contributed by atoms with van der Waals surface area (Å²) < 4.78 is 30.6. The van der Waals surface area contributed by atoms with Gasteiger partial charge in [0.1, 0.15) is 11.3 Å². The van der Waals surface area contributed by atoms with Crippen molar-refractivity contribution in [3.05, 3.63) is 57.6 Å². The molecule has 1 aromatic carbocycles. The van der Waals surface area contributed by atoms with Crippen molar-refractivity contribution in [2.24, 2.45) is 0 Å². The molecule has 0 atom stereocenters. The van der Waals surface area contributed by atoms with Gasteiger partial charge in [0, 0.05) is 5.92 Å². The SMILES string of the molecule is Cc1cc(C2CCC2)oc(=O)c1C(=O)Nc1ccccc1NS(C)(=O)=O. The second-order valence-corrected chi connectivity index (χ2v) is 8.24. The van der Waals surface area contributed by atoms with Crippen LogP contribution in [0.4, 0.5) is 11.4 Å². The van der Waals surface area contributed by atoms with E-state index in [0.717, 1.165) is 25.5 Å². The number of anilines is 2. The summed E-state index contributed by atoms with van der Waals surface area (Å²) in [5, 5.41) is 2.58. The first kappa shape index (κ1) is 18.2. The molecular formula is C18H20N2O5S. The average molecular weight is 376 g/mol. The fraction of sp³-hybridized carbons (Fsp3) is 0.333. The van der Waals surface area contributed by atoms with Crippen molar-refractivity contribution in [1.82, 2.24) is 0 Å². The summed E-state index contributed by atoms with van der Waals surface area (Å²) in [6.45, 7) is 1.69. The van der Waals surface area contributed by atoms with Gasteiger partial charge in [-0.25, -0.2) is 13.2 Å². The van der Waals surface area contributed by atoms with Gasteiger partial charge in [-0.1, -0.05) is 18.6 Å². The second kappa shape index (κ2) is 6.95. The summed E-state index contributed by atoms with van der Waals surface area (Å²) >= 11 is 0. The number of hydrogen-bond donors (Lipinski definition) is 2. The maximum Gasteiger partial charge on any atom is 0.349 e. The lowest BCUT2D eigenvalue weighted by Gasteiger charge is -2.24. The van der Waals surface area contributed by atoms with Gasteiger partial charge in [-0.2, -0.15) is 0 Å². The normalized spacial score (nSPS) is 14.5. The molecule has 0 bridgehead atoms. The standard InChI is InChI=1S/C18H20N2O5S/c1-11-10-15(12-6-5-7-12)25-18(22)16(11)17(21)19-13-8-3-4-9-14(13)20-26(2,23)24/h3-4,8-10,12,20H,5-7H2,1-2H3,(H,19,21). The molecule has 1 fully saturated rings. The van der Waals surface area contributed by atoms with E-state index in [1.165, 1.54) is 6.07 Å². The molecule has 1 aliphatic carbocycles. The molecule has 1 amide bonds. The molecule has 0 aliphatic heterocycles. The highest BCUT2D eigenvalue weighted by atomic mass is 32.2. The van der Waals surface area contributed by atoms with Crippen LogP contribution in [0.5, 0.6) is 0 Å². The Labute approximate surface area is 151 Å². The van der Waals surface area contributed by atoms with Gasteiger partial charge in [0.15, 0.2) is 0 Å². The van der Waals surface area contributed by atoms with Crippen molar-refractivity contribution in [3.63, 3.8) is 0 Å². The molecule has 0 spiro atoms. The summed E-state index contributed by atoms with van der Waals surface area (Å²) in [7, 11) is -3.51. The van der Waals surface area contributed by atoms with Gasteiger partial charge in [0.25, 0.3) is 5.91 Å². The van der Waals surface area contributed by atoms with Crippen LogP contribution in [0.1, 0.15) is 46.9 Å². The third kappa shape index (κ3) is 3.96. The van der Waals surface area contributed by atoms with Gasteiger partial charge in [-0.05, 0) is 43.5 Å². The molecule has 1 aromatic heterocycles. The highest BCUT2D eigenvalue weighted by Gasteiger charge is 2.25. The van der Waals surface area contributed by atoms with E-state index < -0.39 is 21.6 Å². The number of sulfonamides is 1. The van der Waals surface area contributed by atoms with E-state index in [1.54, 1.807) is 31.2 Å². The van der Waals surface area contributed by atoms with Crippen LogP contribution in [0, 0.1) is 6.92 Å². The molecule has 1 saturated carbocycles. The zero-order chi connectivity index (χ0) is 18.9. The van der Waals surface area contributed by atoms with Crippen LogP contribution >= 0.6 is 0 Å². The van der Waals surface area contributed by atoms with Crippen LogP contribution in [-0.4, -0.2) is 20.6 Å². The summed E-state index contributed by atoms with van der Waals surface area (Å²) in [5.74, 6) is 0.229. The molecule has 7 nitrogen and oxygen atoms in total. The smallest absolute Gasteiger partial charge is 0.349 e. The Hall–Kier alpha value is -2.61. The zero-order valence-electron chi connectivity index (χ0n) is 14.5. The van der Waals surface area contributed by atoms with Gasteiger partial charge in [0.2, 0.25) is 10.0 Å². The van der Waals surface area contributed by atoms with Gasteiger partial charge >= 0.3 is 5.63 Å². The fourth-order valence-corrected chi connectivity index (χ4v) is 3.44. The van der Waals surface area contributed by atoms with Crippen LogP contribution in [0.2, 0.25) is 0 Å². The van der Waals surface area contributed by atoms with Crippen LogP contribution in [0.25, 0.3) is 0 Å². The number of hydrogen-bond acceptors (Lipinski definition) is 5. The maximum atomic E-state index is 12.6. The molecule has 2 N–H and O–H groups in total. The van der Waals surface area contributed by atoms with Crippen molar-refractivity contribution in [2.75, 3.05) is 16.3 Å². The lowest BCUT2D eigenvalue weighted by atomic mass is 9.83. The number of benzene rings is 1. The van der Waals surface area contributed by atoms with E-state index in [2.05, 4.69) is 10.0 Å². The van der Waals surface area contributed by atoms with Crippen LogP contribution in [0.3, 0.4) is 0 Å². The second-order valence-electron chi connectivity index (χ2n) is 6.50. The third-order valence-corrected chi connectivity index (χ3v) is 4.96. The first-order valence-corrected chi connectivity index (χ1v) is 10.2. The fourth-order valence-electron chi connectivity index (χ4n) is 2.87. The predicted molar refractivity (Wildman–Crippen MR) is 99.2 cm³/mol. The topological polar surface area (TPSA) is 105 Å². The first-order chi connectivity index (χ1) is 12.2. The Bertz CT molecular complexity index is 1010. The molecule has 138 valence electrons. The summed E-state index contributed by atoms with van der Waals surface area (Å²) in [4.78, 5) is 24.9. The summed E-state index contributed by atoms with van der Waals surface area (Å²) in [6.07, 6.45) is 4.10. The predicted octanol–water partition coefficient (Wildman–Crippen LogP) is 2.84. The molecule has 2 aromatic rings. The maximum absolute atomic E-state index is 12.6. The van der Waals surface area contributed by atoms with E-state index in [-0.39, 0.29) is 22.9 Å². The Balaban J connectivity index is 1.88. The number of carbonyl (C=O) groups is 1. The number of para-hydroxylation sites is 2. The molecular weight excluding hydrogens is 356 g/mol. The Kier molecular flexibility index (Phi) is 4.86. The van der Waals surface area contributed by atoms with Crippen LogP contribution < -0.4 is 15.7 Å². The average Bonchev–Trinajstić information content (AvgIpc) is 2.45. The molecule has 1 heterocycles. The van der Waals surface area contributed by atoms with E-state index in [1.807, 2.05) is 0 Å². The van der Waals surface area contributed by atoms with E-state index in [0.29, 0.717) is 11.3 Å². The molecule has 8 heteroatoms. The van der Waals surface area contributed by atoms with E-state index in [9.17, 15) is 18.0 Å². The number of rotatable bonds is 5. The Morgan fingerprint density at radius 3 is 2.38 bits per heavy atom. The quantitative estimate of drug-likeness (QED) is 0.835. The van der Waals surface area contributed by atoms with Gasteiger partial charge < -0.3 is 9.73 Å². The first-order valence-electron chi connectivity index (χ1n) is 8.27. The number of amides is 1. The molecule has 0 radical (unpaired) electrons. The lowest BCUT2D eigenvalue weighted by Crippen LogP contribution is -2.24. The van der Waals surface area contributed by atoms with Gasteiger partial charge in [-0.3, -0.25) is 9.52 Å². The molecule has 3 rings (SSSR count). The van der Waals surface area contributed by atoms with E-state index in [4.69, 9.17) is 4.42 Å². The van der Waals surface area contributed by atoms with Gasteiger partial charge in [-0.15, -0.1) is 0 Å². The zero-order valence-corrected chi connectivity index (χ0v) is 15.4. The van der Waals surface area contributed by atoms with Gasteiger partial charge in [0.05, 0.1) is 17.6 Å². The number of nitrogens with one attached hydrogen (secondary N) is 2. The third-order valence-electron chi connectivity index (χ3n) is 4.37. The summed E-state index contributed by atoms with van der Waals surface area (Å²) in [5.41, 5.74) is 0.246. The van der Waals surface area contributed by atoms with E-state index >= 15 is 0 Å². The minimum absolute atomic E-state index is 0.0813. The van der Waals surface area contributed by atoms with Crippen molar-refractivity contribution < 1.29 is 17.6 Å².